The van der Waals surface area contributed by atoms with E-state index in [4.69, 9.17) is 9.47 Å². The summed E-state index contributed by atoms with van der Waals surface area (Å²) in [5, 5.41) is 4.83. The third kappa shape index (κ3) is 4.84. The van der Waals surface area contributed by atoms with E-state index in [0.717, 1.165) is 36.6 Å². The van der Waals surface area contributed by atoms with Gasteiger partial charge >= 0.3 is 0 Å². The van der Waals surface area contributed by atoms with E-state index in [1.54, 1.807) is 7.11 Å². The molecule has 0 bridgehead atoms. The van der Waals surface area contributed by atoms with Crippen LogP contribution in [0.3, 0.4) is 0 Å². The van der Waals surface area contributed by atoms with Crippen LogP contribution in [0, 0.1) is 6.92 Å². The fourth-order valence-electron chi connectivity index (χ4n) is 3.58. The van der Waals surface area contributed by atoms with Crippen molar-refractivity contribution in [2.24, 2.45) is 0 Å². The summed E-state index contributed by atoms with van der Waals surface area (Å²) in [6, 6.07) is 22.9. The molecule has 3 aromatic carbocycles. The van der Waals surface area contributed by atoms with Crippen LogP contribution >= 0.6 is 0 Å². The van der Waals surface area contributed by atoms with Crippen LogP contribution in [0.5, 0.6) is 11.5 Å². The Morgan fingerprint density at radius 1 is 0.900 bits per heavy atom. The fraction of sp³-hybridized carbons (Fsp3) is 0.231. The summed E-state index contributed by atoms with van der Waals surface area (Å²) in [4.78, 5) is 3.34. The molecule has 154 valence electrons. The van der Waals surface area contributed by atoms with Gasteiger partial charge in [-0.3, -0.25) is 0 Å². The summed E-state index contributed by atoms with van der Waals surface area (Å²) < 4.78 is 11.5. The number of fused-ring (bicyclic) bond motifs is 1. The van der Waals surface area contributed by atoms with Crippen molar-refractivity contribution in [3.63, 3.8) is 0 Å². The maximum atomic E-state index is 5.98. The highest BCUT2D eigenvalue weighted by Crippen LogP contribution is 2.29. The molecule has 0 spiro atoms. The van der Waals surface area contributed by atoms with Gasteiger partial charge in [0.2, 0.25) is 0 Å². The number of hydrogen-bond acceptors (Lipinski definition) is 3. The maximum absolute atomic E-state index is 5.98. The first-order chi connectivity index (χ1) is 14.7. The zero-order valence-corrected chi connectivity index (χ0v) is 17.6. The normalized spacial score (nSPS) is 11.0. The highest BCUT2D eigenvalue weighted by Gasteiger charge is 2.07. The number of hydrogen-bond donors (Lipinski definition) is 2. The van der Waals surface area contributed by atoms with E-state index >= 15 is 0 Å². The van der Waals surface area contributed by atoms with E-state index in [1.807, 2.05) is 12.1 Å². The van der Waals surface area contributed by atoms with Gasteiger partial charge in [-0.15, -0.1) is 0 Å². The first-order valence-corrected chi connectivity index (χ1v) is 10.3. The minimum atomic E-state index is 0.527. The predicted molar refractivity (Wildman–Crippen MR) is 122 cm³/mol. The van der Waals surface area contributed by atoms with Crippen LogP contribution in [-0.4, -0.2) is 18.6 Å². The lowest BCUT2D eigenvalue weighted by molar-refractivity contribution is 0.284. The second-order valence-electron chi connectivity index (χ2n) is 7.55. The average molecular weight is 401 g/mol. The Morgan fingerprint density at radius 3 is 2.53 bits per heavy atom. The molecular formula is C26H28N2O2. The molecule has 2 N–H and O–H groups in total. The second-order valence-corrected chi connectivity index (χ2v) is 7.55. The van der Waals surface area contributed by atoms with Gasteiger partial charge in [0.25, 0.3) is 0 Å². The molecule has 0 saturated heterocycles. The summed E-state index contributed by atoms with van der Waals surface area (Å²) in [5.74, 6) is 1.53. The second kappa shape index (κ2) is 9.51. The van der Waals surface area contributed by atoms with Crippen molar-refractivity contribution in [2.75, 3.05) is 13.7 Å². The van der Waals surface area contributed by atoms with E-state index in [2.05, 4.69) is 78.0 Å². The number of benzene rings is 3. The summed E-state index contributed by atoms with van der Waals surface area (Å²) in [7, 11) is 1.68. The van der Waals surface area contributed by atoms with Gasteiger partial charge in [0, 0.05) is 23.6 Å². The van der Waals surface area contributed by atoms with Crippen molar-refractivity contribution in [3.8, 4) is 11.5 Å². The first kappa shape index (κ1) is 20.0. The number of rotatable bonds is 9. The van der Waals surface area contributed by atoms with Crippen molar-refractivity contribution >= 4 is 10.9 Å². The molecular weight excluding hydrogens is 372 g/mol. The Balaban J connectivity index is 1.30. The highest BCUT2D eigenvalue weighted by molar-refractivity contribution is 5.83. The Morgan fingerprint density at radius 2 is 1.70 bits per heavy atom. The zero-order valence-electron chi connectivity index (χ0n) is 17.6. The first-order valence-electron chi connectivity index (χ1n) is 10.3. The molecule has 0 aliphatic carbocycles. The van der Waals surface area contributed by atoms with Crippen molar-refractivity contribution in [1.82, 2.24) is 10.3 Å². The monoisotopic (exact) mass is 400 g/mol. The lowest BCUT2D eigenvalue weighted by Gasteiger charge is -2.13. The quantitative estimate of drug-likeness (QED) is 0.370. The molecule has 0 saturated carbocycles. The molecule has 4 aromatic rings. The van der Waals surface area contributed by atoms with Gasteiger partial charge in [-0.1, -0.05) is 54.1 Å². The number of H-pyrrole nitrogens is 1. The van der Waals surface area contributed by atoms with Crippen LogP contribution in [0.25, 0.3) is 10.9 Å². The topological polar surface area (TPSA) is 46.3 Å². The molecule has 0 radical (unpaired) electrons. The van der Waals surface area contributed by atoms with Gasteiger partial charge < -0.3 is 19.8 Å². The molecule has 4 rings (SSSR count). The standard InChI is InChI=1S/C26H28N2O2/c1-19-7-9-20(10-8-19)18-30-25-12-11-21(15-26(25)29-2)16-27-14-13-22-17-28-24-6-4-3-5-23(22)24/h3-12,15,17,27-28H,13-14,16,18H2,1-2H3. The lowest BCUT2D eigenvalue weighted by atomic mass is 10.1. The molecule has 30 heavy (non-hydrogen) atoms. The van der Waals surface area contributed by atoms with Gasteiger partial charge in [-0.25, -0.2) is 0 Å². The minimum Gasteiger partial charge on any atom is -0.493 e. The van der Waals surface area contributed by atoms with Gasteiger partial charge in [-0.05, 0) is 54.8 Å². The molecule has 1 aromatic heterocycles. The summed E-state index contributed by atoms with van der Waals surface area (Å²) in [6.07, 6.45) is 3.09. The van der Waals surface area contributed by atoms with Crippen molar-refractivity contribution in [3.05, 3.63) is 95.2 Å². The Hall–Kier alpha value is -3.24. The van der Waals surface area contributed by atoms with Crippen molar-refractivity contribution in [1.29, 1.82) is 0 Å². The van der Waals surface area contributed by atoms with Gasteiger partial charge in [0.1, 0.15) is 6.61 Å². The molecule has 0 fully saturated rings. The minimum absolute atomic E-state index is 0.527. The Kier molecular flexibility index (Phi) is 6.35. The van der Waals surface area contributed by atoms with Crippen LogP contribution in [-0.2, 0) is 19.6 Å². The fourth-order valence-corrected chi connectivity index (χ4v) is 3.58. The van der Waals surface area contributed by atoms with Crippen molar-refractivity contribution < 1.29 is 9.47 Å². The molecule has 4 nitrogen and oxygen atoms in total. The largest absolute Gasteiger partial charge is 0.493 e. The summed E-state index contributed by atoms with van der Waals surface area (Å²) >= 11 is 0. The predicted octanol–water partition coefficient (Wildman–Crippen LogP) is 5.40. The smallest absolute Gasteiger partial charge is 0.161 e. The Bertz CT molecular complexity index is 1100. The maximum Gasteiger partial charge on any atom is 0.161 e. The molecule has 1 heterocycles. The van der Waals surface area contributed by atoms with E-state index in [0.29, 0.717) is 6.61 Å². The third-order valence-electron chi connectivity index (χ3n) is 5.32. The number of ether oxygens (including phenoxy) is 2. The van der Waals surface area contributed by atoms with Crippen LogP contribution in [0.4, 0.5) is 0 Å². The number of aryl methyl sites for hydroxylation is 1. The number of aromatic amines is 1. The number of nitrogens with one attached hydrogen (secondary N) is 2. The van der Waals surface area contributed by atoms with E-state index in [-0.39, 0.29) is 0 Å². The van der Waals surface area contributed by atoms with Gasteiger partial charge in [0.15, 0.2) is 11.5 Å². The van der Waals surface area contributed by atoms with Crippen LogP contribution in [0.15, 0.2) is 72.9 Å². The lowest BCUT2D eigenvalue weighted by Crippen LogP contribution is -2.16. The van der Waals surface area contributed by atoms with Crippen LogP contribution in [0.1, 0.15) is 22.3 Å². The molecule has 0 aliphatic rings. The summed E-state index contributed by atoms with van der Waals surface area (Å²) in [5.41, 5.74) is 6.10. The van der Waals surface area contributed by atoms with Crippen LogP contribution in [0.2, 0.25) is 0 Å². The van der Waals surface area contributed by atoms with Gasteiger partial charge in [0.05, 0.1) is 7.11 Å². The molecule has 0 atom stereocenters. The number of para-hydroxylation sites is 1. The molecule has 0 unspecified atom stereocenters. The van der Waals surface area contributed by atoms with Crippen LogP contribution < -0.4 is 14.8 Å². The van der Waals surface area contributed by atoms with E-state index in [1.165, 1.54) is 27.6 Å². The molecule has 0 amide bonds. The van der Waals surface area contributed by atoms with E-state index in [9.17, 15) is 0 Å². The molecule has 0 aliphatic heterocycles. The number of aromatic nitrogens is 1. The van der Waals surface area contributed by atoms with Crippen molar-refractivity contribution in [2.45, 2.75) is 26.5 Å². The SMILES string of the molecule is COc1cc(CNCCc2c[nH]c3ccccc23)ccc1OCc1ccc(C)cc1. The Labute approximate surface area is 177 Å². The zero-order chi connectivity index (χ0) is 20.8. The van der Waals surface area contributed by atoms with E-state index < -0.39 is 0 Å². The molecule has 4 heteroatoms. The van der Waals surface area contributed by atoms with Gasteiger partial charge in [-0.2, -0.15) is 0 Å². The average Bonchev–Trinajstić information content (AvgIpc) is 3.20. The number of methoxy groups -OCH3 is 1. The summed E-state index contributed by atoms with van der Waals surface area (Å²) in [6.45, 7) is 4.31. The highest BCUT2D eigenvalue weighted by atomic mass is 16.5. The third-order valence-corrected chi connectivity index (χ3v) is 5.32.